The van der Waals surface area contributed by atoms with Crippen molar-refractivity contribution in [2.45, 2.75) is 63.1 Å². The first-order valence-corrected chi connectivity index (χ1v) is 14.5. The van der Waals surface area contributed by atoms with Crippen molar-refractivity contribution in [3.63, 3.8) is 0 Å². The van der Waals surface area contributed by atoms with Gasteiger partial charge in [0, 0.05) is 0 Å². The number of nitrogens with one attached hydrogen (secondary N) is 2. The van der Waals surface area contributed by atoms with Gasteiger partial charge in [-0.1, -0.05) is 0 Å². The number of carboxylic acid groups (broad SMARTS) is 1. The number of aryl methyl sites for hydroxylation is 2. The molecule has 3 aromatic rings. The maximum absolute atomic E-state index is 13.5. The second kappa shape index (κ2) is 10.0. The van der Waals surface area contributed by atoms with Crippen LogP contribution in [-0.2, 0) is 0 Å². The second-order valence-corrected chi connectivity index (χ2v) is 13.1. The van der Waals surface area contributed by atoms with Gasteiger partial charge in [-0.15, -0.1) is 0 Å². The molecule has 0 spiro atoms. The van der Waals surface area contributed by atoms with Crippen LogP contribution in [0, 0.1) is 19.8 Å². The van der Waals surface area contributed by atoms with Crippen molar-refractivity contribution in [2.24, 2.45) is 5.92 Å². The summed E-state index contributed by atoms with van der Waals surface area (Å²) in [6.07, 6.45) is 6.39. The van der Waals surface area contributed by atoms with Gasteiger partial charge in [0.05, 0.1) is 0 Å². The molecule has 1 amide bonds. The number of amides is 1. The Morgan fingerprint density at radius 2 is 1.91 bits per heavy atom. The number of carbonyl (C=O) groups is 2. The molecule has 3 N–H and O–H groups in total. The summed E-state index contributed by atoms with van der Waals surface area (Å²) in [4.78, 5) is 36.9. The molecule has 2 aliphatic carbocycles. The van der Waals surface area contributed by atoms with Gasteiger partial charge in [-0.05, 0) is 0 Å². The molecule has 2 heterocycles. The van der Waals surface area contributed by atoms with Crippen molar-refractivity contribution in [2.75, 3.05) is 6.61 Å². The van der Waals surface area contributed by atoms with Crippen LogP contribution < -0.4 is 10.1 Å². The van der Waals surface area contributed by atoms with E-state index >= 15 is 0 Å². The third kappa shape index (κ3) is 5.37. The Hall–Kier alpha value is -2.86. The van der Waals surface area contributed by atoms with E-state index in [-0.39, 0.29) is 10.6 Å². The van der Waals surface area contributed by atoms with Gasteiger partial charge >= 0.3 is 211 Å². The van der Waals surface area contributed by atoms with Crippen LogP contribution in [0.4, 0.5) is 4.79 Å². The van der Waals surface area contributed by atoms with Crippen LogP contribution in [0.1, 0.15) is 60.1 Å². The number of aromatic nitrogens is 3. The summed E-state index contributed by atoms with van der Waals surface area (Å²) in [6, 6.07) is 6.13. The summed E-state index contributed by atoms with van der Waals surface area (Å²) < 4.78 is 6.73. The third-order valence-corrected chi connectivity index (χ3v) is 10.1. The van der Waals surface area contributed by atoms with Crippen molar-refractivity contribution in [3.8, 4) is 17.0 Å². The van der Waals surface area contributed by atoms with E-state index in [1.165, 1.54) is 19.2 Å². The molecular formula is C26H31AsN4O4. The fourth-order valence-electron chi connectivity index (χ4n) is 4.86. The zero-order valence-electron chi connectivity index (χ0n) is 20.1. The van der Waals surface area contributed by atoms with Gasteiger partial charge in [0.1, 0.15) is 0 Å². The number of hydrogen-bond acceptors (Lipinski definition) is 5. The fourth-order valence-corrected chi connectivity index (χ4v) is 7.89. The van der Waals surface area contributed by atoms with Gasteiger partial charge in [0.2, 0.25) is 0 Å². The number of hydrogen-bond donors (Lipinski definition) is 3. The first kappa shape index (κ1) is 23.9. The Morgan fingerprint density at radius 3 is 2.63 bits per heavy atom. The van der Waals surface area contributed by atoms with Crippen LogP contribution in [0.25, 0.3) is 22.3 Å². The molecule has 1 atom stereocenters. The van der Waals surface area contributed by atoms with Gasteiger partial charge in [0.25, 0.3) is 0 Å². The van der Waals surface area contributed by atoms with Crippen molar-refractivity contribution >= 4 is 37.4 Å². The molecule has 184 valence electrons. The van der Waals surface area contributed by atoms with Crippen molar-refractivity contribution in [3.05, 3.63) is 41.3 Å². The summed E-state index contributed by atoms with van der Waals surface area (Å²) in [5, 5.41) is 11.5. The third-order valence-electron chi connectivity index (χ3n) is 6.95. The number of benzene rings is 1. The van der Waals surface area contributed by atoms with E-state index in [1.807, 2.05) is 26.0 Å². The summed E-state index contributed by atoms with van der Waals surface area (Å²) in [6.45, 7) is 4.69. The van der Waals surface area contributed by atoms with Gasteiger partial charge in [-0.2, -0.15) is 0 Å². The molecule has 2 aliphatic rings. The number of carbonyl (C=O) groups excluding carboxylic acids is 1. The molecule has 2 fully saturated rings. The molecule has 2 aromatic heterocycles. The standard InChI is InChI=1S/C26H31AsN4O4/c1-14-3-10-20(35-12-16-4-5-16)19(11-14)22-24-23(29-13-28-22)21(15(2)30-24)25(32)27-17-6-8-18(9-7-17)31-26(33)34/h3,10-11,13,16-18,27,30-31H,4-9,12H2,1-2H3,(H,33,34)/t17-,18+. The molecular weight excluding hydrogens is 507 g/mol. The number of aromatic amines is 1. The molecule has 1 aromatic carbocycles. The Kier molecular flexibility index (Phi) is 6.83. The molecule has 8 nitrogen and oxygen atoms in total. The number of H-pyrrole nitrogens is 1. The predicted molar refractivity (Wildman–Crippen MR) is 136 cm³/mol. The normalized spacial score (nSPS) is 20.4. The molecule has 0 saturated heterocycles. The van der Waals surface area contributed by atoms with Crippen LogP contribution >= 0.6 is 0 Å². The van der Waals surface area contributed by atoms with Gasteiger partial charge in [0.15, 0.2) is 0 Å². The van der Waals surface area contributed by atoms with E-state index in [4.69, 9.17) is 9.84 Å². The quantitative estimate of drug-likeness (QED) is 0.361. The fraction of sp³-hybridized carbons (Fsp3) is 0.462. The molecule has 0 radical (unpaired) electrons. The summed E-state index contributed by atoms with van der Waals surface area (Å²) in [7, 11) is 0. The van der Waals surface area contributed by atoms with E-state index in [1.54, 1.807) is 0 Å². The van der Waals surface area contributed by atoms with Gasteiger partial charge in [-0.25, -0.2) is 0 Å². The molecule has 0 aliphatic heterocycles. The van der Waals surface area contributed by atoms with E-state index in [0.29, 0.717) is 28.3 Å². The van der Waals surface area contributed by atoms with Crippen LogP contribution in [0.3, 0.4) is 0 Å². The Morgan fingerprint density at radius 1 is 1.14 bits per heavy atom. The Balaban J connectivity index is 1.40. The molecule has 35 heavy (non-hydrogen) atoms. The summed E-state index contributed by atoms with van der Waals surface area (Å²) in [5.74, 6) is 1.45. The van der Waals surface area contributed by atoms with Crippen molar-refractivity contribution in [1.29, 1.82) is 0 Å². The minimum atomic E-state index is -0.972. The van der Waals surface area contributed by atoms with E-state index < -0.39 is 21.8 Å². The van der Waals surface area contributed by atoms with E-state index in [0.717, 1.165) is 59.5 Å². The Labute approximate surface area is 211 Å². The van der Waals surface area contributed by atoms with Crippen LogP contribution in [0.2, 0.25) is 4.71 Å². The first-order chi connectivity index (χ1) is 16.9. The van der Waals surface area contributed by atoms with Crippen LogP contribution in [0.15, 0.2) is 24.5 Å². The number of ether oxygens (including phenoxy) is 1. The van der Waals surface area contributed by atoms with Crippen molar-refractivity contribution in [1.82, 2.24) is 20.3 Å². The maximum atomic E-state index is 13.5. The van der Waals surface area contributed by atoms with Crippen LogP contribution in [0.5, 0.6) is 5.75 Å². The SMILES string of the molecule is Cc1ccc(OCC2CC2)c(-c2ncnc3c(C(=O)[AsH][C@H]4CC[C@@H](NC(=O)O)CC4)c(C)[nH]c23)c1. The number of nitrogens with zero attached hydrogens (tertiary/aromatic N) is 2. The van der Waals surface area contributed by atoms with E-state index in [9.17, 15) is 9.59 Å². The average molecular weight is 538 g/mol. The first-order valence-electron chi connectivity index (χ1n) is 12.3. The molecule has 1 unspecified atom stereocenters. The topological polar surface area (TPSA) is 117 Å². The predicted octanol–water partition coefficient (Wildman–Crippen LogP) is 4.61. The monoisotopic (exact) mass is 538 g/mol. The summed E-state index contributed by atoms with van der Waals surface area (Å²) >= 11 is -0.908. The Bertz CT molecular complexity index is 1260. The number of fused-ring (bicyclic) bond motifs is 1. The second-order valence-electron chi connectivity index (χ2n) is 9.80. The molecule has 5 rings (SSSR count). The minimum absolute atomic E-state index is 0.00114. The molecule has 9 heteroatoms. The molecule has 0 bridgehead atoms. The number of rotatable bonds is 8. The van der Waals surface area contributed by atoms with Crippen molar-refractivity contribution < 1.29 is 19.4 Å². The van der Waals surface area contributed by atoms with Gasteiger partial charge < -0.3 is 0 Å². The van der Waals surface area contributed by atoms with Gasteiger partial charge in [-0.3, -0.25) is 0 Å². The zero-order valence-corrected chi connectivity index (χ0v) is 22.2. The average Bonchev–Trinajstić information content (AvgIpc) is 3.58. The zero-order chi connectivity index (χ0) is 24.5. The van der Waals surface area contributed by atoms with Crippen LogP contribution in [-0.4, -0.2) is 59.1 Å². The molecule has 2 saturated carbocycles. The van der Waals surface area contributed by atoms with E-state index in [2.05, 4.69) is 26.3 Å². The summed E-state index contributed by atoms with van der Waals surface area (Å²) in [5.41, 5.74) is 5.75.